The molecule has 0 heterocycles. The number of hydrogen-bond donors (Lipinski definition) is 2. The Hall–Kier alpha value is -2.82. The van der Waals surface area contributed by atoms with E-state index in [0.717, 1.165) is 53.3 Å². The molecule has 2 amide bonds. The summed E-state index contributed by atoms with van der Waals surface area (Å²) < 4.78 is 0. The lowest BCUT2D eigenvalue weighted by atomic mass is 10.1. The van der Waals surface area contributed by atoms with Crippen LogP contribution in [-0.4, -0.2) is 24.9 Å². The maximum atomic E-state index is 12.4. The van der Waals surface area contributed by atoms with Gasteiger partial charge in [0.05, 0.1) is 0 Å². The monoisotopic (exact) mass is 381 g/mol. The summed E-state index contributed by atoms with van der Waals surface area (Å²) in [5, 5.41) is 5.75. The SMILES string of the molecule is CCc1cccc(C)c1NC(=O)CC(=O)Nc1ccc(N(CC)CC)cc1C. The van der Waals surface area contributed by atoms with Crippen molar-refractivity contribution >= 4 is 28.9 Å². The van der Waals surface area contributed by atoms with Gasteiger partial charge in [-0.1, -0.05) is 25.1 Å². The van der Waals surface area contributed by atoms with Crippen molar-refractivity contribution in [3.63, 3.8) is 0 Å². The Bertz CT molecular complexity index is 842. The first-order valence-corrected chi connectivity index (χ1v) is 9.93. The second-order valence-corrected chi connectivity index (χ2v) is 6.91. The van der Waals surface area contributed by atoms with E-state index in [1.807, 2.05) is 51.1 Å². The molecule has 0 fully saturated rings. The van der Waals surface area contributed by atoms with Crippen LogP contribution in [0.3, 0.4) is 0 Å². The summed E-state index contributed by atoms with van der Waals surface area (Å²) in [6, 6.07) is 11.9. The number of anilines is 3. The molecule has 2 aromatic rings. The zero-order valence-electron chi connectivity index (χ0n) is 17.6. The third kappa shape index (κ3) is 5.35. The van der Waals surface area contributed by atoms with Gasteiger partial charge >= 0.3 is 0 Å². The summed E-state index contributed by atoms with van der Waals surface area (Å²) in [5.41, 5.74) is 5.71. The van der Waals surface area contributed by atoms with Gasteiger partial charge < -0.3 is 15.5 Å². The summed E-state index contributed by atoms with van der Waals surface area (Å²) in [5.74, 6) is -0.623. The summed E-state index contributed by atoms with van der Waals surface area (Å²) >= 11 is 0. The quantitative estimate of drug-likeness (QED) is 0.653. The van der Waals surface area contributed by atoms with Gasteiger partial charge in [0.25, 0.3) is 0 Å². The van der Waals surface area contributed by atoms with Crippen molar-refractivity contribution < 1.29 is 9.59 Å². The molecule has 0 saturated heterocycles. The fraction of sp³-hybridized carbons (Fsp3) is 0.391. The smallest absolute Gasteiger partial charge is 0.233 e. The highest BCUT2D eigenvalue weighted by Gasteiger charge is 2.14. The molecule has 0 spiro atoms. The maximum absolute atomic E-state index is 12.4. The Balaban J connectivity index is 2.01. The number of carbonyl (C=O) groups excluding carboxylic acids is 2. The van der Waals surface area contributed by atoms with E-state index in [2.05, 4.69) is 35.4 Å². The number of carbonyl (C=O) groups is 2. The molecule has 0 aliphatic carbocycles. The predicted octanol–water partition coefficient (Wildman–Crippen LogP) is 4.68. The topological polar surface area (TPSA) is 61.4 Å². The van der Waals surface area contributed by atoms with Crippen LogP contribution in [0.1, 0.15) is 43.9 Å². The van der Waals surface area contributed by atoms with E-state index in [1.165, 1.54) is 0 Å². The van der Waals surface area contributed by atoms with Crippen LogP contribution in [-0.2, 0) is 16.0 Å². The molecule has 5 heteroatoms. The van der Waals surface area contributed by atoms with Gasteiger partial charge in [0.2, 0.25) is 11.8 Å². The van der Waals surface area contributed by atoms with Crippen molar-refractivity contribution in [3.05, 3.63) is 53.1 Å². The van der Waals surface area contributed by atoms with Gasteiger partial charge in [-0.3, -0.25) is 9.59 Å². The molecule has 0 unspecified atom stereocenters. The van der Waals surface area contributed by atoms with Crippen LogP contribution >= 0.6 is 0 Å². The van der Waals surface area contributed by atoms with Crippen molar-refractivity contribution in [2.24, 2.45) is 0 Å². The van der Waals surface area contributed by atoms with Gasteiger partial charge in [-0.25, -0.2) is 0 Å². The third-order valence-electron chi connectivity index (χ3n) is 4.94. The van der Waals surface area contributed by atoms with E-state index in [0.29, 0.717) is 0 Å². The number of hydrogen-bond acceptors (Lipinski definition) is 3. The first-order valence-electron chi connectivity index (χ1n) is 9.93. The molecular weight excluding hydrogens is 350 g/mol. The first-order chi connectivity index (χ1) is 13.4. The highest BCUT2D eigenvalue weighted by Crippen LogP contribution is 2.23. The zero-order valence-corrected chi connectivity index (χ0v) is 17.6. The number of amides is 2. The fourth-order valence-electron chi connectivity index (χ4n) is 3.30. The molecule has 150 valence electrons. The van der Waals surface area contributed by atoms with Crippen molar-refractivity contribution in [2.75, 3.05) is 28.6 Å². The first kappa shape index (κ1) is 21.5. The summed E-state index contributed by atoms with van der Waals surface area (Å²) in [4.78, 5) is 27.0. The highest BCUT2D eigenvalue weighted by molar-refractivity contribution is 6.08. The normalized spacial score (nSPS) is 10.5. The number of benzene rings is 2. The van der Waals surface area contributed by atoms with Crippen LogP contribution in [0.2, 0.25) is 0 Å². The lowest BCUT2D eigenvalue weighted by molar-refractivity contribution is -0.123. The van der Waals surface area contributed by atoms with Crippen LogP contribution in [0.5, 0.6) is 0 Å². The third-order valence-corrected chi connectivity index (χ3v) is 4.94. The average molecular weight is 382 g/mol. The molecule has 28 heavy (non-hydrogen) atoms. The number of para-hydroxylation sites is 1. The second kappa shape index (κ2) is 9.93. The highest BCUT2D eigenvalue weighted by atomic mass is 16.2. The number of nitrogens with zero attached hydrogens (tertiary/aromatic N) is 1. The molecule has 0 radical (unpaired) electrons. The zero-order chi connectivity index (χ0) is 20.7. The van der Waals surface area contributed by atoms with Crippen LogP contribution in [0.15, 0.2) is 36.4 Å². The molecule has 5 nitrogen and oxygen atoms in total. The Kier molecular flexibility index (Phi) is 7.61. The van der Waals surface area contributed by atoms with E-state index in [1.54, 1.807) is 0 Å². The minimum Gasteiger partial charge on any atom is -0.372 e. The second-order valence-electron chi connectivity index (χ2n) is 6.91. The number of rotatable bonds is 8. The molecule has 0 aromatic heterocycles. The van der Waals surface area contributed by atoms with Gasteiger partial charge in [-0.2, -0.15) is 0 Å². The van der Waals surface area contributed by atoms with Crippen LogP contribution < -0.4 is 15.5 Å². The Morgan fingerprint density at radius 2 is 1.57 bits per heavy atom. The lowest BCUT2D eigenvalue weighted by Gasteiger charge is -2.22. The van der Waals surface area contributed by atoms with Gasteiger partial charge in [-0.05, 0) is 69.0 Å². The van der Waals surface area contributed by atoms with E-state index in [-0.39, 0.29) is 18.2 Å². The molecule has 0 atom stereocenters. The Morgan fingerprint density at radius 3 is 2.18 bits per heavy atom. The Labute approximate surface area is 168 Å². The van der Waals surface area contributed by atoms with Crippen LogP contribution in [0.25, 0.3) is 0 Å². The molecule has 0 saturated carbocycles. The van der Waals surface area contributed by atoms with Crippen molar-refractivity contribution in [1.82, 2.24) is 0 Å². The standard InChI is InChI=1S/C23H31N3O2/c1-6-18-11-9-10-16(4)23(18)25-22(28)15-21(27)24-20-13-12-19(14-17(20)5)26(7-2)8-3/h9-14H,6-8,15H2,1-5H3,(H,24,27)(H,25,28). The molecule has 2 aromatic carbocycles. The van der Waals surface area contributed by atoms with E-state index in [4.69, 9.17) is 0 Å². The van der Waals surface area contributed by atoms with E-state index < -0.39 is 0 Å². The minimum absolute atomic E-state index is 0.214. The summed E-state index contributed by atoms with van der Waals surface area (Å²) in [7, 11) is 0. The summed E-state index contributed by atoms with van der Waals surface area (Å²) in [6.07, 6.45) is 0.607. The van der Waals surface area contributed by atoms with Gasteiger partial charge in [0.1, 0.15) is 6.42 Å². The molecule has 2 N–H and O–H groups in total. The molecule has 0 aliphatic heterocycles. The van der Waals surface area contributed by atoms with Crippen molar-refractivity contribution in [2.45, 2.75) is 47.5 Å². The molecular formula is C23H31N3O2. The van der Waals surface area contributed by atoms with Gasteiger partial charge in [0, 0.05) is 30.2 Å². The van der Waals surface area contributed by atoms with Gasteiger partial charge in [-0.15, -0.1) is 0 Å². The van der Waals surface area contributed by atoms with Crippen LogP contribution in [0, 0.1) is 13.8 Å². The largest absolute Gasteiger partial charge is 0.372 e. The average Bonchev–Trinajstić information content (AvgIpc) is 2.66. The Morgan fingerprint density at radius 1 is 0.893 bits per heavy atom. The van der Waals surface area contributed by atoms with Crippen LogP contribution in [0.4, 0.5) is 17.1 Å². The number of aryl methyl sites for hydroxylation is 3. The lowest BCUT2D eigenvalue weighted by Crippen LogP contribution is -2.23. The van der Waals surface area contributed by atoms with E-state index >= 15 is 0 Å². The molecule has 2 rings (SSSR count). The fourth-order valence-corrected chi connectivity index (χ4v) is 3.30. The molecule has 0 bridgehead atoms. The summed E-state index contributed by atoms with van der Waals surface area (Å²) in [6.45, 7) is 12.1. The predicted molar refractivity (Wildman–Crippen MR) is 117 cm³/mol. The van der Waals surface area contributed by atoms with Gasteiger partial charge in [0.15, 0.2) is 0 Å². The maximum Gasteiger partial charge on any atom is 0.233 e. The molecule has 0 aliphatic rings. The minimum atomic E-state index is -0.317. The van der Waals surface area contributed by atoms with Crippen molar-refractivity contribution in [1.29, 1.82) is 0 Å². The van der Waals surface area contributed by atoms with Crippen molar-refractivity contribution in [3.8, 4) is 0 Å². The van der Waals surface area contributed by atoms with E-state index in [9.17, 15) is 9.59 Å². The number of nitrogens with one attached hydrogen (secondary N) is 2.